The van der Waals surface area contributed by atoms with E-state index in [9.17, 15) is 4.79 Å². The molecule has 0 radical (unpaired) electrons. The lowest BCUT2D eigenvalue weighted by molar-refractivity contribution is 0.0925. The summed E-state index contributed by atoms with van der Waals surface area (Å²) in [6.45, 7) is 6.45. The molecular weight excluding hydrogens is 290 g/mol. The largest absolute Gasteiger partial charge is 0.481 e. The topological polar surface area (TPSA) is 64.1 Å². The highest BCUT2D eigenvalue weighted by molar-refractivity contribution is 5.94. The highest BCUT2D eigenvalue weighted by Gasteiger charge is 2.22. The van der Waals surface area contributed by atoms with Crippen molar-refractivity contribution in [2.45, 2.75) is 33.2 Å². The van der Waals surface area contributed by atoms with Gasteiger partial charge in [-0.05, 0) is 29.5 Å². The van der Waals surface area contributed by atoms with E-state index in [0.717, 1.165) is 12.0 Å². The van der Waals surface area contributed by atoms with E-state index in [-0.39, 0.29) is 17.4 Å². The monoisotopic (exact) mass is 313 g/mol. The lowest BCUT2D eigenvalue weighted by Gasteiger charge is -2.27. The van der Waals surface area contributed by atoms with Gasteiger partial charge in [0.1, 0.15) is 0 Å². The number of hydrogen-bond acceptors (Lipinski definition) is 4. The van der Waals surface area contributed by atoms with E-state index in [2.05, 4.69) is 36.1 Å². The highest BCUT2D eigenvalue weighted by atomic mass is 16.5. The molecule has 2 aromatic heterocycles. The molecule has 0 aliphatic rings. The lowest BCUT2D eigenvalue weighted by Crippen LogP contribution is -2.31. The van der Waals surface area contributed by atoms with E-state index in [1.807, 2.05) is 12.1 Å². The first-order chi connectivity index (χ1) is 10.9. The fourth-order valence-corrected chi connectivity index (χ4v) is 2.35. The lowest BCUT2D eigenvalue weighted by atomic mass is 9.85. The van der Waals surface area contributed by atoms with Crippen molar-refractivity contribution in [3.8, 4) is 5.88 Å². The molecule has 0 aliphatic carbocycles. The summed E-state index contributed by atoms with van der Waals surface area (Å²) in [6, 6.07) is 7.07. The van der Waals surface area contributed by atoms with E-state index in [1.54, 1.807) is 30.7 Å². The number of nitrogens with one attached hydrogen (secondary N) is 1. The van der Waals surface area contributed by atoms with Gasteiger partial charge >= 0.3 is 0 Å². The number of ether oxygens (including phenoxy) is 1. The van der Waals surface area contributed by atoms with Crippen LogP contribution in [0.4, 0.5) is 0 Å². The summed E-state index contributed by atoms with van der Waals surface area (Å²) in [6.07, 6.45) is 5.90. The Bertz CT molecular complexity index is 651. The molecular formula is C18H23N3O2. The van der Waals surface area contributed by atoms with Gasteiger partial charge in [0.15, 0.2) is 0 Å². The average molecular weight is 313 g/mol. The number of nitrogens with zero attached hydrogens (tertiary/aromatic N) is 2. The van der Waals surface area contributed by atoms with Crippen molar-refractivity contribution in [1.82, 2.24) is 15.3 Å². The second kappa shape index (κ2) is 7.22. The zero-order chi connectivity index (χ0) is 16.9. The number of pyridine rings is 2. The average Bonchev–Trinajstić information content (AvgIpc) is 2.54. The first-order valence-electron chi connectivity index (χ1n) is 7.60. The van der Waals surface area contributed by atoms with Crippen molar-refractivity contribution in [2.75, 3.05) is 7.11 Å². The molecule has 0 bridgehead atoms. The first-order valence-corrected chi connectivity index (χ1v) is 7.60. The molecule has 0 spiro atoms. The fraction of sp³-hybridized carbons (Fsp3) is 0.389. The highest BCUT2D eigenvalue weighted by Crippen LogP contribution is 2.29. The molecule has 0 saturated heterocycles. The van der Waals surface area contributed by atoms with Gasteiger partial charge in [0.25, 0.3) is 5.91 Å². The quantitative estimate of drug-likeness (QED) is 0.919. The maximum absolute atomic E-state index is 12.6. The summed E-state index contributed by atoms with van der Waals surface area (Å²) < 4.78 is 5.07. The Morgan fingerprint density at radius 1 is 1.30 bits per heavy atom. The number of aromatic nitrogens is 2. The fourth-order valence-electron chi connectivity index (χ4n) is 2.35. The predicted octanol–water partition coefficient (Wildman–Crippen LogP) is 3.39. The predicted molar refractivity (Wildman–Crippen MR) is 89.3 cm³/mol. The SMILES string of the molecule is COc1cc(C(=O)NC(CC(C)(C)C)c2cccnc2)ccn1. The van der Waals surface area contributed by atoms with Crippen LogP contribution in [-0.4, -0.2) is 23.0 Å². The number of amides is 1. The normalized spacial score (nSPS) is 12.5. The smallest absolute Gasteiger partial charge is 0.252 e. The van der Waals surface area contributed by atoms with Crippen molar-refractivity contribution in [3.05, 3.63) is 54.0 Å². The van der Waals surface area contributed by atoms with Gasteiger partial charge < -0.3 is 10.1 Å². The second-order valence-corrected chi connectivity index (χ2v) is 6.66. The summed E-state index contributed by atoms with van der Waals surface area (Å²) in [5.74, 6) is 0.273. The number of carbonyl (C=O) groups is 1. The Hall–Kier alpha value is -2.43. The van der Waals surface area contributed by atoms with Crippen LogP contribution in [0.15, 0.2) is 42.9 Å². The van der Waals surface area contributed by atoms with Gasteiger partial charge in [-0.1, -0.05) is 26.8 Å². The van der Waals surface area contributed by atoms with Crippen molar-refractivity contribution >= 4 is 5.91 Å². The molecule has 1 unspecified atom stereocenters. The molecule has 23 heavy (non-hydrogen) atoms. The van der Waals surface area contributed by atoms with E-state index >= 15 is 0 Å². The molecule has 5 heteroatoms. The van der Waals surface area contributed by atoms with E-state index in [4.69, 9.17) is 4.74 Å². The number of hydrogen-bond donors (Lipinski definition) is 1. The summed E-state index contributed by atoms with van der Waals surface area (Å²) in [5, 5.41) is 3.10. The van der Waals surface area contributed by atoms with Crippen LogP contribution in [0.2, 0.25) is 0 Å². The zero-order valence-electron chi connectivity index (χ0n) is 14.0. The molecule has 122 valence electrons. The van der Waals surface area contributed by atoms with Gasteiger partial charge in [0, 0.05) is 30.2 Å². The Kier molecular flexibility index (Phi) is 5.32. The van der Waals surface area contributed by atoms with E-state index in [0.29, 0.717) is 11.4 Å². The maximum Gasteiger partial charge on any atom is 0.252 e. The minimum Gasteiger partial charge on any atom is -0.481 e. The molecule has 1 atom stereocenters. The van der Waals surface area contributed by atoms with Gasteiger partial charge in [-0.15, -0.1) is 0 Å². The van der Waals surface area contributed by atoms with Crippen molar-refractivity contribution in [1.29, 1.82) is 0 Å². The third-order valence-corrected chi connectivity index (χ3v) is 3.41. The Balaban J connectivity index is 2.21. The minimum absolute atomic E-state index is 0.0731. The molecule has 1 amide bonds. The van der Waals surface area contributed by atoms with Crippen molar-refractivity contribution in [3.63, 3.8) is 0 Å². The molecule has 2 heterocycles. The zero-order valence-corrected chi connectivity index (χ0v) is 14.0. The minimum atomic E-state index is -0.149. The Morgan fingerprint density at radius 3 is 2.70 bits per heavy atom. The van der Waals surface area contributed by atoms with Gasteiger partial charge in [0.05, 0.1) is 13.2 Å². The Labute approximate surface area is 137 Å². The van der Waals surface area contributed by atoms with Crippen molar-refractivity contribution in [2.24, 2.45) is 5.41 Å². The maximum atomic E-state index is 12.6. The van der Waals surface area contributed by atoms with Crippen LogP contribution in [0.5, 0.6) is 5.88 Å². The third kappa shape index (κ3) is 5.06. The third-order valence-electron chi connectivity index (χ3n) is 3.41. The number of methoxy groups -OCH3 is 1. The van der Waals surface area contributed by atoms with Crippen LogP contribution in [0.25, 0.3) is 0 Å². The van der Waals surface area contributed by atoms with Crippen LogP contribution >= 0.6 is 0 Å². The molecule has 0 aliphatic heterocycles. The van der Waals surface area contributed by atoms with Crippen molar-refractivity contribution < 1.29 is 9.53 Å². The van der Waals surface area contributed by atoms with E-state index < -0.39 is 0 Å². The number of carbonyl (C=O) groups excluding carboxylic acids is 1. The van der Waals surface area contributed by atoms with Crippen LogP contribution in [0.1, 0.15) is 49.2 Å². The molecule has 5 nitrogen and oxygen atoms in total. The van der Waals surface area contributed by atoms with Gasteiger partial charge in [-0.3, -0.25) is 9.78 Å². The van der Waals surface area contributed by atoms with Gasteiger partial charge in [-0.25, -0.2) is 4.98 Å². The molecule has 1 N–H and O–H groups in total. The van der Waals surface area contributed by atoms with Crippen LogP contribution < -0.4 is 10.1 Å². The second-order valence-electron chi connectivity index (χ2n) is 6.66. The Morgan fingerprint density at radius 2 is 2.09 bits per heavy atom. The van der Waals surface area contributed by atoms with Gasteiger partial charge in [-0.2, -0.15) is 0 Å². The molecule has 0 aromatic carbocycles. The summed E-state index contributed by atoms with van der Waals surface area (Å²) in [7, 11) is 1.53. The summed E-state index contributed by atoms with van der Waals surface area (Å²) >= 11 is 0. The van der Waals surface area contributed by atoms with Crippen LogP contribution in [0, 0.1) is 5.41 Å². The molecule has 2 rings (SSSR count). The molecule has 2 aromatic rings. The standard InChI is InChI=1S/C18H23N3O2/c1-18(2,3)11-15(14-6-5-8-19-12-14)21-17(22)13-7-9-20-16(10-13)23-4/h5-10,12,15H,11H2,1-4H3,(H,21,22). The summed E-state index contributed by atoms with van der Waals surface area (Å²) in [4.78, 5) is 20.8. The molecule has 0 saturated carbocycles. The van der Waals surface area contributed by atoms with Crippen LogP contribution in [0.3, 0.4) is 0 Å². The van der Waals surface area contributed by atoms with E-state index in [1.165, 1.54) is 7.11 Å². The number of rotatable bonds is 5. The van der Waals surface area contributed by atoms with Gasteiger partial charge in [0.2, 0.25) is 5.88 Å². The molecule has 0 fully saturated rings. The summed E-state index contributed by atoms with van der Waals surface area (Å²) in [5.41, 5.74) is 1.60. The first kappa shape index (κ1) is 16.9. The van der Waals surface area contributed by atoms with Crippen LogP contribution in [-0.2, 0) is 0 Å².